The van der Waals surface area contributed by atoms with Gasteiger partial charge in [-0.25, -0.2) is 0 Å². The van der Waals surface area contributed by atoms with Gasteiger partial charge < -0.3 is 9.05 Å². The molecule has 3 rings (SSSR count). The molecule has 1 aliphatic heterocycles. The third-order valence-corrected chi connectivity index (χ3v) is 6.46. The van der Waals surface area contributed by atoms with Crippen molar-refractivity contribution in [3.05, 3.63) is 57.6 Å². The van der Waals surface area contributed by atoms with E-state index >= 15 is 0 Å². The Hall–Kier alpha value is -1.05. The van der Waals surface area contributed by atoms with Crippen molar-refractivity contribution in [3.8, 4) is 11.5 Å². The summed E-state index contributed by atoms with van der Waals surface area (Å²) in [7, 11) is -1.24. The molecule has 2 aromatic rings. The number of benzene rings is 2. The highest BCUT2D eigenvalue weighted by atomic mass is 79.9. The summed E-state index contributed by atoms with van der Waals surface area (Å²) in [6.07, 6.45) is 0.816. The molecule has 0 atom stereocenters. The highest BCUT2D eigenvalue weighted by Gasteiger charge is 2.30. The minimum atomic E-state index is -1.24. The van der Waals surface area contributed by atoms with E-state index in [4.69, 9.17) is 9.05 Å². The van der Waals surface area contributed by atoms with Crippen LogP contribution >= 0.6 is 22.6 Å². The molecule has 0 aliphatic carbocycles. The highest BCUT2D eigenvalue weighted by Crippen LogP contribution is 2.54. The topological polar surface area (TPSA) is 18.5 Å². The molecule has 146 valence electrons. The van der Waals surface area contributed by atoms with Gasteiger partial charge in [0.2, 0.25) is 0 Å². The van der Waals surface area contributed by atoms with Crippen molar-refractivity contribution in [2.24, 2.45) is 0 Å². The van der Waals surface area contributed by atoms with Crippen LogP contribution in [0, 0.1) is 13.8 Å². The zero-order chi connectivity index (χ0) is 20.1. The zero-order valence-electron chi connectivity index (χ0n) is 17.7. The van der Waals surface area contributed by atoms with Gasteiger partial charge in [-0.1, -0.05) is 76.9 Å². The summed E-state index contributed by atoms with van der Waals surface area (Å²) < 4.78 is 12.7. The van der Waals surface area contributed by atoms with E-state index in [1.54, 1.807) is 0 Å². The minimum absolute atomic E-state index is 0.00444. The smallest absolute Gasteiger partial charge is 0.368 e. The van der Waals surface area contributed by atoms with Crippen molar-refractivity contribution in [1.29, 1.82) is 0 Å². The van der Waals surface area contributed by atoms with Crippen LogP contribution in [0.4, 0.5) is 0 Å². The first-order valence-corrected chi connectivity index (χ1v) is 12.7. The lowest BCUT2D eigenvalue weighted by atomic mass is 9.81. The third kappa shape index (κ3) is 4.35. The largest absolute Gasteiger partial charge is 0.430 e. The van der Waals surface area contributed by atoms with Gasteiger partial charge in [-0.15, -0.1) is 0 Å². The number of hydrogen-bond acceptors (Lipinski definition) is 2. The van der Waals surface area contributed by atoms with E-state index in [0.29, 0.717) is 0 Å². The number of fused-ring (bicyclic) bond motifs is 2. The Bertz CT molecular complexity index is 804. The Labute approximate surface area is 173 Å². The molecule has 0 spiro atoms. The summed E-state index contributed by atoms with van der Waals surface area (Å²) >= 11 is 3.67. The summed E-state index contributed by atoms with van der Waals surface area (Å²) in [5, 5.41) is 0. The molecule has 0 unspecified atom stereocenters. The lowest BCUT2D eigenvalue weighted by Gasteiger charge is -2.31. The second-order valence-electron chi connectivity index (χ2n) is 9.67. The first kappa shape index (κ1) is 20.7. The SMILES string of the molecule is Cc1cc2c(c(C(C)(C)C)c1)OP(Br)Oc1c(cc(C)cc1C(C)(C)C)C2. The minimum Gasteiger partial charge on any atom is -0.430 e. The van der Waals surface area contributed by atoms with Crippen LogP contribution in [0.15, 0.2) is 24.3 Å². The average Bonchev–Trinajstić information content (AvgIpc) is 2.48. The molecule has 1 aliphatic rings. The first-order chi connectivity index (χ1) is 12.4. The van der Waals surface area contributed by atoms with Gasteiger partial charge in [-0.05, 0) is 35.8 Å². The van der Waals surface area contributed by atoms with Gasteiger partial charge in [0.15, 0.2) is 0 Å². The van der Waals surface area contributed by atoms with Gasteiger partial charge in [-0.3, -0.25) is 0 Å². The zero-order valence-corrected chi connectivity index (χ0v) is 20.1. The van der Waals surface area contributed by atoms with E-state index in [9.17, 15) is 0 Å². The fourth-order valence-corrected chi connectivity index (χ4v) is 5.28. The average molecular weight is 449 g/mol. The van der Waals surface area contributed by atoms with Crippen molar-refractivity contribution in [2.75, 3.05) is 0 Å². The molecule has 0 aromatic heterocycles. The highest BCUT2D eigenvalue weighted by molar-refractivity contribution is 9.38. The van der Waals surface area contributed by atoms with Crippen LogP contribution in [0.1, 0.15) is 74.9 Å². The normalized spacial score (nSPS) is 15.1. The van der Waals surface area contributed by atoms with Crippen LogP contribution in [-0.2, 0) is 17.3 Å². The van der Waals surface area contributed by atoms with E-state index in [0.717, 1.165) is 17.9 Å². The first-order valence-electron chi connectivity index (χ1n) is 9.46. The molecule has 1 heterocycles. The van der Waals surface area contributed by atoms with Crippen molar-refractivity contribution >= 4 is 22.6 Å². The van der Waals surface area contributed by atoms with E-state index in [1.165, 1.54) is 33.4 Å². The molecular weight excluding hydrogens is 419 g/mol. The molecule has 0 radical (unpaired) electrons. The monoisotopic (exact) mass is 448 g/mol. The fourth-order valence-electron chi connectivity index (χ4n) is 3.66. The molecule has 0 amide bonds. The second kappa shape index (κ2) is 7.08. The Morgan fingerprint density at radius 1 is 0.741 bits per heavy atom. The van der Waals surface area contributed by atoms with Gasteiger partial charge in [-0.2, -0.15) is 0 Å². The summed E-state index contributed by atoms with van der Waals surface area (Å²) in [6, 6.07) is 9.01. The molecule has 2 aromatic carbocycles. The maximum atomic E-state index is 6.36. The van der Waals surface area contributed by atoms with Crippen LogP contribution in [0.3, 0.4) is 0 Å². The third-order valence-electron chi connectivity index (χ3n) is 4.94. The molecule has 0 saturated carbocycles. The van der Waals surface area contributed by atoms with E-state index in [-0.39, 0.29) is 10.8 Å². The van der Waals surface area contributed by atoms with Crippen LogP contribution in [0.5, 0.6) is 11.5 Å². The molecule has 27 heavy (non-hydrogen) atoms. The van der Waals surface area contributed by atoms with Gasteiger partial charge in [0.05, 0.1) is 0 Å². The van der Waals surface area contributed by atoms with Gasteiger partial charge in [0.1, 0.15) is 11.5 Å². The molecule has 0 bridgehead atoms. The van der Waals surface area contributed by atoms with E-state index in [1.807, 2.05) is 0 Å². The summed E-state index contributed by atoms with van der Waals surface area (Å²) in [4.78, 5) is 0. The number of halogens is 1. The Kier molecular flexibility index (Phi) is 5.42. The van der Waals surface area contributed by atoms with Crippen LogP contribution in [0.2, 0.25) is 0 Å². The molecule has 0 saturated heterocycles. The van der Waals surface area contributed by atoms with Crippen LogP contribution in [-0.4, -0.2) is 0 Å². The maximum absolute atomic E-state index is 6.36. The summed E-state index contributed by atoms with van der Waals surface area (Å²) in [5.41, 5.74) is 7.50. The van der Waals surface area contributed by atoms with Crippen LogP contribution < -0.4 is 9.05 Å². The quantitative estimate of drug-likeness (QED) is 0.381. The van der Waals surface area contributed by atoms with Gasteiger partial charge in [0, 0.05) is 33.0 Å². The van der Waals surface area contributed by atoms with Crippen molar-refractivity contribution < 1.29 is 9.05 Å². The fraction of sp³-hybridized carbons (Fsp3) is 0.478. The summed E-state index contributed by atoms with van der Waals surface area (Å²) in [6.45, 7) is 17.7. The lowest BCUT2D eigenvalue weighted by molar-refractivity contribution is 0.463. The summed E-state index contributed by atoms with van der Waals surface area (Å²) in [5.74, 6) is 1.95. The predicted octanol–water partition coefficient (Wildman–Crippen LogP) is 7.88. The molecule has 0 fully saturated rings. The Morgan fingerprint density at radius 2 is 1.11 bits per heavy atom. The standard InChI is InChI=1S/C23H30BrO2P/c1-14-9-16-13-17-10-15(2)12-19(23(6,7)8)21(17)26-27(24)25-20(16)18(11-14)22(3,4)5/h9-12H,13H2,1-8H3. The van der Waals surface area contributed by atoms with E-state index < -0.39 is 7.08 Å². The van der Waals surface area contributed by atoms with Gasteiger partial charge in [0.25, 0.3) is 0 Å². The predicted molar refractivity (Wildman–Crippen MR) is 120 cm³/mol. The Morgan fingerprint density at radius 3 is 1.44 bits per heavy atom. The maximum Gasteiger partial charge on any atom is 0.368 e. The van der Waals surface area contributed by atoms with Crippen molar-refractivity contribution in [3.63, 3.8) is 0 Å². The number of hydrogen-bond donors (Lipinski definition) is 0. The number of rotatable bonds is 0. The van der Waals surface area contributed by atoms with Crippen LogP contribution in [0.25, 0.3) is 0 Å². The molecule has 4 heteroatoms. The molecular formula is C23H30BrO2P. The van der Waals surface area contributed by atoms with Crippen molar-refractivity contribution in [2.45, 2.75) is 72.6 Å². The lowest BCUT2D eigenvalue weighted by Crippen LogP contribution is -2.18. The Balaban J connectivity index is 2.26. The molecule has 0 N–H and O–H groups in total. The molecule has 2 nitrogen and oxygen atoms in total. The van der Waals surface area contributed by atoms with Gasteiger partial charge >= 0.3 is 7.08 Å². The van der Waals surface area contributed by atoms with Crippen molar-refractivity contribution in [1.82, 2.24) is 0 Å². The second-order valence-corrected chi connectivity index (χ2v) is 12.2. The number of aryl methyl sites for hydroxylation is 2. The van der Waals surface area contributed by atoms with E-state index in [2.05, 4.69) is 95.1 Å².